The Hall–Kier alpha value is -3.78. The minimum Gasteiger partial charge on any atom is -0.508 e. The number of aliphatic hydroxyl groups excluding tert-OH is 1. The summed E-state index contributed by atoms with van der Waals surface area (Å²) in [5.41, 5.74) is 3.08. The molecule has 0 aliphatic heterocycles. The number of fused-ring (bicyclic) bond motifs is 1. The molecule has 4 aromatic rings. The molecule has 0 bridgehead atoms. The summed E-state index contributed by atoms with van der Waals surface area (Å²) in [5, 5.41) is 30.2. The number of nitrogens with zero attached hydrogens (tertiary/aromatic N) is 3. The highest BCUT2D eigenvalue weighted by Crippen LogP contribution is 2.28. The molecular weight excluding hydrogens is 375 g/mol. The van der Waals surface area contributed by atoms with Crippen molar-refractivity contribution in [3.63, 3.8) is 0 Å². The third-order valence-corrected chi connectivity index (χ3v) is 4.50. The Kier molecular flexibility index (Phi) is 4.69. The van der Waals surface area contributed by atoms with Gasteiger partial charge in [-0.25, -0.2) is 4.39 Å². The van der Waals surface area contributed by atoms with Gasteiger partial charge >= 0.3 is 0 Å². The van der Waals surface area contributed by atoms with Gasteiger partial charge in [-0.3, -0.25) is 4.79 Å². The zero-order valence-corrected chi connectivity index (χ0v) is 15.4. The van der Waals surface area contributed by atoms with Gasteiger partial charge in [-0.1, -0.05) is 12.1 Å². The zero-order valence-electron chi connectivity index (χ0n) is 15.4. The van der Waals surface area contributed by atoms with Crippen LogP contribution in [0.1, 0.15) is 15.9 Å². The number of carbonyl (C=O) groups excluding carboxylic acids is 1. The van der Waals surface area contributed by atoms with E-state index in [9.17, 15) is 19.4 Å². The van der Waals surface area contributed by atoms with Gasteiger partial charge in [0.15, 0.2) is 0 Å². The Morgan fingerprint density at radius 1 is 1.10 bits per heavy atom. The smallest absolute Gasteiger partial charge is 0.255 e. The van der Waals surface area contributed by atoms with Gasteiger partial charge in [0, 0.05) is 18.2 Å². The van der Waals surface area contributed by atoms with Crippen molar-refractivity contribution in [3.8, 4) is 16.9 Å². The number of aromatic nitrogens is 3. The molecule has 3 aromatic carbocycles. The Morgan fingerprint density at radius 2 is 1.93 bits per heavy atom. The van der Waals surface area contributed by atoms with Crippen LogP contribution in [-0.4, -0.2) is 31.1 Å². The van der Waals surface area contributed by atoms with Crippen LogP contribution in [0, 0.1) is 5.82 Å². The third kappa shape index (κ3) is 3.65. The lowest BCUT2D eigenvalue weighted by Gasteiger charge is -2.10. The van der Waals surface area contributed by atoms with Crippen molar-refractivity contribution in [2.24, 2.45) is 7.05 Å². The number of halogens is 1. The second-order valence-corrected chi connectivity index (χ2v) is 6.55. The summed E-state index contributed by atoms with van der Waals surface area (Å²) in [6.07, 6.45) is 0. The Bertz CT molecular complexity index is 1240. The van der Waals surface area contributed by atoms with Crippen LogP contribution in [-0.2, 0) is 13.7 Å². The van der Waals surface area contributed by atoms with Gasteiger partial charge in [0.1, 0.15) is 22.6 Å². The van der Waals surface area contributed by atoms with E-state index in [-0.39, 0.29) is 17.9 Å². The first-order chi connectivity index (χ1) is 13.9. The lowest BCUT2D eigenvalue weighted by molar-refractivity contribution is 0.102. The van der Waals surface area contributed by atoms with E-state index in [4.69, 9.17) is 0 Å². The molecule has 0 aliphatic carbocycles. The average Bonchev–Trinajstić information content (AvgIpc) is 3.09. The number of carbonyl (C=O) groups is 1. The molecule has 0 unspecified atom stereocenters. The van der Waals surface area contributed by atoms with Crippen LogP contribution in [0.2, 0.25) is 0 Å². The predicted octanol–water partition coefficient (Wildman–Crippen LogP) is 3.22. The number of aromatic hydroxyl groups is 1. The van der Waals surface area contributed by atoms with Crippen LogP contribution in [0.25, 0.3) is 22.2 Å². The number of rotatable bonds is 4. The molecule has 1 aromatic heterocycles. The van der Waals surface area contributed by atoms with Crippen LogP contribution in [0.3, 0.4) is 0 Å². The van der Waals surface area contributed by atoms with Gasteiger partial charge in [0.25, 0.3) is 5.91 Å². The molecule has 0 fully saturated rings. The number of aryl methyl sites for hydroxylation is 1. The van der Waals surface area contributed by atoms with Gasteiger partial charge in [0.2, 0.25) is 0 Å². The quantitative estimate of drug-likeness (QED) is 0.495. The van der Waals surface area contributed by atoms with Gasteiger partial charge < -0.3 is 15.5 Å². The second kappa shape index (κ2) is 7.33. The lowest BCUT2D eigenvalue weighted by atomic mass is 10.00. The molecule has 0 atom stereocenters. The maximum Gasteiger partial charge on any atom is 0.255 e. The highest BCUT2D eigenvalue weighted by atomic mass is 19.1. The van der Waals surface area contributed by atoms with E-state index < -0.39 is 11.7 Å². The lowest BCUT2D eigenvalue weighted by Crippen LogP contribution is -2.12. The van der Waals surface area contributed by atoms with E-state index in [0.717, 1.165) is 6.07 Å². The number of phenols is 1. The van der Waals surface area contributed by atoms with E-state index in [1.165, 1.54) is 16.9 Å². The first-order valence-corrected chi connectivity index (χ1v) is 8.80. The van der Waals surface area contributed by atoms with Gasteiger partial charge in [-0.05, 0) is 53.6 Å². The van der Waals surface area contributed by atoms with Crippen molar-refractivity contribution < 1.29 is 19.4 Å². The average molecular weight is 392 g/mol. The number of anilines is 1. The fourth-order valence-corrected chi connectivity index (χ4v) is 3.11. The summed E-state index contributed by atoms with van der Waals surface area (Å²) in [6, 6.07) is 13.7. The van der Waals surface area contributed by atoms with Crippen molar-refractivity contribution in [2.75, 3.05) is 5.32 Å². The second-order valence-electron chi connectivity index (χ2n) is 6.55. The highest BCUT2D eigenvalue weighted by Gasteiger charge is 2.14. The molecule has 0 spiro atoms. The van der Waals surface area contributed by atoms with Crippen molar-refractivity contribution in [3.05, 3.63) is 71.5 Å². The maximum absolute atomic E-state index is 14.2. The minimum atomic E-state index is -0.580. The van der Waals surface area contributed by atoms with Gasteiger partial charge in [0.05, 0.1) is 12.3 Å². The number of hydrogen-bond acceptors (Lipinski definition) is 5. The molecule has 1 amide bonds. The van der Waals surface area contributed by atoms with Gasteiger partial charge in [-0.2, -0.15) is 15.0 Å². The summed E-state index contributed by atoms with van der Waals surface area (Å²) < 4.78 is 14.2. The molecule has 4 rings (SSSR count). The standard InChI is InChI=1S/C21H17FN4O3/c1-26-24-18-4-2-3-17(20(18)25-26)23-21(29)14-8-13(9-16(22)10-14)12-5-6-19(28)15(7-12)11-27/h2-10,27-28H,11H2,1H3,(H,23,29). The van der Waals surface area contributed by atoms with E-state index in [2.05, 4.69) is 15.5 Å². The topological polar surface area (TPSA) is 100 Å². The third-order valence-electron chi connectivity index (χ3n) is 4.50. The van der Waals surface area contributed by atoms with E-state index in [1.807, 2.05) is 0 Å². The summed E-state index contributed by atoms with van der Waals surface area (Å²) in [4.78, 5) is 14.2. The van der Waals surface area contributed by atoms with Crippen LogP contribution in [0.15, 0.2) is 54.6 Å². The molecule has 146 valence electrons. The molecule has 7 nitrogen and oxygen atoms in total. The highest BCUT2D eigenvalue weighted by molar-refractivity contribution is 6.08. The zero-order chi connectivity index (χ0) is 20.5. The van der Waals surface area contributed by atoms with Crippen molar-refractivity contribution in [1.29, 1.82) is 0 Å². The molecule has 0 radical (unpaired) electrons. The Balaban J connectivity index is 1.69. The van der Waals surface area contributed by atoms with Crippen LogP contribution in [0.4, 0.5) is 10.1 Å². The number of hydrogen-bond donors (Lipinski definition) is 3. The first kappa shape index (κ1) is 18.6. The number of nitrogens with one attached hydrogen (secondary N) is 1. The predicted molar refractivity (Wildman–Crippen MR) is 106 cm³/mol. The molecular formula is C21H17FN4O3. The fraction of sp³-hybridized carbons (Fsp3) is 0.0952. The van der Waals surface area contributed by atoms with Crippen LogP contribution < -0.4 is 5.32 Å². The Morgan fingerprint density at radius 3 is 2.72 bits per heavy atom. The maximum atomic E-state index is 14.2. The normalized spacial score (nSPS) is 11.0. The molecule has 0 saturated heterocycles. The van der Waals surface area contributed by atoms with Crippen molar-refractivity contribution >= 4 is 22.6 Å². The molecule has 8 heteroatoms. The number of benzene rings is 3. The van der Waals surface area contributed by atoms with Crippen molar-refractivity contribution in [2.45, 2.75) is 6.61 Å². The molecule has 0 saturated carbocycles. The Labute approximate surface area is 165 Å². The van der Waals surface area contributed by atoms with Crippen LogP contribution in [0.5, 0.6) is 5.75 Å². The number of amides is 1. The van der Waals surface area contributed by atoms with Gasteiger partial charge in [-0.15, -0.1) is 0 Å². The molecule has 0 aliphatic rings. The minimum absolute atomic E-state index is 0.0531. The summed E-state index contributed by atoms with van der Waals surface area (Å²) in [7, 11) is 1.68. The van der Waals surface area contributed by atoms with E-state index in [0.29, 0.717) is 33.4 Å². The fourth-order valence-electron chi connectivity index (χ4n) is 3.11. The monoisotopic (exact) mass is 392 g/mol. The molecule has 29 heavy (non-hydrogen) atoms. The summed E-state index contributed by atoms with van der Waals surface area (Å²) in [6.45, 7) is -0.357. The summed E-state index contributed by atoms with van der Waals surface area (Å²) in [5.74, 6) is -1.13. The summed E-state index contributed by atoms with van der Waals surface area (Å²) >= 11 is 0. The van der Waals surface area contributed by atoms with E-state index in [1.54, 1.807) is 43.4 Å². The van der Waals surface area contributed by atoms with Crippen LogP contribution >= 0.6 is 0 Å². The number of aliphatic hydroxyl groups is 1. The molecule has 1 heterocycles. The molecule has 3 N–H and O–H groups in total. The first-order valence-electron chi connectivity index (χ1n) is 8.80. The largest absolute Gasteiger partial charge is 0.508 e. The van der Waals surface area contributed by atoms with Crippen molar-refractivity contribution in [1.82, 2.24) is 15.0 Å². The SMILES string of the molecule is Cn1nc2cccc(NC(=O)c3cc(F)cc(-c4ccc(O)c(CO)c4)c3)c2n1. The van der Waals surface area contributed by atoms with E-state index >= 15 is 0 Å².